The van der Waals surface area contributed by atoms with Gasteiger partial charge in [0.15, 0.2) is 0 Å². The largest absolute Gasteiger partial charge is 0.334 e. The SMILES string of the molecule is CC1CCCN(C(=O)c2cc(Cl)ncc2[N+](=O)[O-])C1CN. The molecule has 0 spiro atoms. The number of nitrogens with two attached hydrogens (primary N) is 1. The minimum Gasteiger partial charge on any atom is -0.334 e. The molecule has 0 aliphatic carbocycles. The number of carbonyl (C=O) groups is 1. The predicted molar refractivity (Wildman–Crippen MR) is 78.2 cm³/mol. The van der Waals surface area contributed by atoms with Crippen LogP contribution in [0.1, 0.15) is 30.1 Å². The van der Waals surface area contributed by atoms with Gasteiger partial charge < -0.3 is 10.6 Å². The van der Waals surface area contributed by atoms with Gasteiger partial charge in [-0.05, 0) is 24.8 Å². The molecule has 1 fully saturated rings. The van der Waals surface area contributed by atoms with Crippen molar-refractivity contribution in [3.05, 3.63) is 33.1 Å². The van der Waals surface area contributed by atoms with E-state index in [1.165, 1.54) is 6.07 Å². The molecule has 0 bridgehead atoms. The Morgan fingerprint density at radius 1 is 1.67 bits per heavy atom. The van der Waals surface area contributed by atoms with E-state index in [0.29, 0.717) is 13.1 Å². The van der Waals surface area contributed by atoms with Crippen molar-refractivity contribution in [3.63, 3.8) is 0 Å². The number of nitrogens with zero attached hydrogens (tertiary/aromatic N) is 3. The fourth-order valence-electron chi connectivity index (χ4n) is 2.75. The highest BCUT2D eigenvalue weighted by Crippen LogP contribution is 2.28. The van der Waals surface area contributed by atoms with Gasteiger partial charge in [-0.2, -0.15) is 0 Å². The van der Waals surface area contributed by atoms with Crippen LogP contribution in [-0.4, -0.2) is 39.8 Å². The van der Waals surface area contributed by atoms with Gasteiger partial charge in [0.05, 0.1) is 4.92 Å². The van der Waals surface area contributed by atoms with E-state index in [4.69, 9.17) is 17.3 Å². The maximum absolute atomic E-state index is 12.7. The normalized spacial score (nSPS) is 22.1. The van der Waals surface area contributed by atoms with E-state index in [2.05, 4.69) is 4.98 Å². The zero-order valence-corrected chi connectivity index (χ0v) is 12.4. The predicted octanol–water partition coefficient (Wildman–Crippen LogP) is 1.84. The summed E-state index contributed by atoms with van der Waals surface area (Å²) >= 11 is 5.77. The molecule has 0 saturated carbocycles. The topological polar surface area (TPSA) is 102 Å². The molecule has 0 radical (unpaired) electrons. The first-order chi connectivity index (χ1) is 9.95. The molecule has 1 amide bonds. The zero-order chi connectivity index (χ0) is 15.6. The third-order valence-corrected chi connectivity index (χ3v) is 4.10. The van der Waals surface area contributed by atoms with Crippen LogP contribution in [0.5, 0.6) is 0 Å². The Bertz CT molecular complexity index is 566. The van der Waals surface area contributed by atoms with Crippen LogP contribution in [0.4, 0.5) is 5.69 Å². The van der Waals surface area contributed by atoms with Crippen molar-refractivity contribution in [1.82, 2.24) is 9.88 Å². The highest BCUT2D eigenvalue weighted by molar-refractivity contribution is 6.29. The van der Waals surface area contributed by atoms with Crippen LogP contribution in [0, 0.1) is 16.0 Å². The first kappa shape index (κ1) is 15.7. The van der Waals surface area contributed by atoms with E-state index in [0.717, 1.165) is 19.0 Å². The number of carbonyl (C=O) groups excluding carboxylic acids is 1. The number of halogens is 1. The van der Waals surface area contributed by atoms with Gasteiger partial charge in [-0.15, -0.1) is 0 Å². The highest BCUT2D eigenvalue weighted by atomic mass is 35.5. The number of aromatic nitrogens is 1. The van der Waals surface area contributed by atoms with E-state index < -0.39 is 10.8 Å². The fraction of sp³-hybridized carbons (Fsp3) is 0.538. The molecule has 21 heavy (non-hydrogen) atoms. The smallest absolute Gasteiger partial charge is 0.300 e. The average molecular weight is 313 g/mol. The second-order valence-electron chi connectivity index (χ2n) is 5.20. The van der Waals surface area contributed by atoms with Crippen molar-refractivity contribution in [2.75, 3.05) is 13.1 Å². The molecular weight excluding hydrogens is 296 g/mol. The van der Waals surface area contributed by atoms with Crippen molar-refractivity contribution in [3.8, 4) is 0 Å². The number of nitro groups is 1. The Hall–Kier alpha value is -1.73. The Balaban J connectivity index is 2.39. The monoisotopic (exact) mass is 312 g/mol. The minimum atomic E-state index is -0.624. The molecule has 2 atom stereocenters. The number of pyridine rings is 1. The van der Waals surface area contributed by atoms with Crippen LogP contribution in [-0.2, 0) is 0 Å². The van der Waals surface area contributed by atoms with Crippen LogP contribution in [0.15, 0.2) is 12.3 Å². The van der Waals surface area contributed by atoms with Gasteiger partial charge >= 0.3 is 0 Å². The molecule has 7 nitrogen and oxygen atoms in total. The third-order valence-electron chi connectivity index (χ3n) is 3.89. The molecule has 8 heteroatoms. The summed E-state index contributed by atoms with van der Waals surface area (Å²) in [5.74, 6) is -0.142. The van der Waals surface area contributed by atoms with Crippen LogP contribution in [0.25, 0.3) is 0 Å². The standard InChI is InChI=1S/C13H17ClN4O3/c1-8-3-2-4-17(10(8)6-15)13(19)9-5-12(14)16-7-11(9)18(20)21/h5,7-8,10H,2-4,6,15H2,1H3. The molecule has 1 saturated heterocycles. The first-order valence-corrected chi connectivity index (χ1v) is 7.14. The van der Waals surface area contributed by atoms with Gasteiger partial charge in [0.25, 0.3) is 11.6 Å². The number of amides is 1. The number of hydrogen-bond donors (Lipinski definition) is 1. The Morgan fingerprint density at radius 2 is 2.38 bits per heavy atom. The van der Waals surface area contributed by atoms with Crippen molar-refractivity contribution < 1.29 is 9.72 Å². The molecule has 1 aliphatic heterocycles. The average Bonchev–Trinajstić information content (AvgIpc) is 2.45. The molecule has 0 aromatic carbocycles. The first-order valence-electron chi connectivity index (χ1n) is 6.76. The molecule has 1 aliphatic rings. The van der Waals surface area contributed by atoms with E-state index in [9.17, 15) is 14.9 Å². The lowest BCUT2D eigenvalue weighted by molar-refractivity contribution is -0.385. The summed E-state index contributed by atoms with van der Waals surface area (Å²) in [6.45, 7) is 2.91. The van der Waals surface area contributed by atoms with Crippen molar-refractivity contribution in [1.29, 1.82) is 0 Å². The van der Waals surface area contributed by atoms with Crippen LogP contribution in [0.3, 0.4) is 0 Å². The maximum Gasteiger partial charge on any atom is 0.300 e. The lowest BCUT2D eigenvalue weighted by atomic mass is 9.90. The summed E-state index contributed by atoms with van der Waals surface area (Å²) in [5, 5.41) is 11.1. The van der Waals surface area contributed by atoms with Crippen LogP contribution < -0.4 is 5.73 Å². The molecule has 114 valence electrons. The summed E-state index contributed by atoms with van der Waals surface area (Å²) in [5.41, 5.74) is 5.39. The summed E-state index contributed by atoms with van der Waals surface area (Å²) in [6.07, 6.45) is 2.86. The van der Waals surface area contributed by atoms with Gasteiger partial charge in [-0.3, -0.25) is 14.9 Å². The quantitative estimate of drug-likeness (QED) is 0.521. The summed E-state index contributed by atoms with van der Waals surface area (Å²) in [4.78, 5) is 28.4. The number of hydrogen-bond acceptors (Lipinski definition) is 5. The Labute approximate surface area is 127 Å². The number of rotatable bonds is 3. The highest BCUT2D eigenvalue weighted by Gasteiger charge is 2.34. The minimum absolute atomic E-state index is 0.0347. The van der Waals surface area contributed by atoms with Gasteiger partial charge in [0, 0.05) is 19.1 Å². The molecule has 2 unspecified atom stereocenters. The van der Waals surface area contributed by atoms with Gasteiger partial charge in [-0.1, -0.05) is 18.5 Å². The third kappa shape index (κ3) is 3.14. The van der Waals surface area contributed by atoms with Gasteiger partial charge in [0.1, 0.15) is 16.9 Å². The van der Waals surface area contributed by atoms with E-state index >= 15 is 0 Å². The van der Waals surface area contributed by atoms with E-state index in [1.807, 2.05) is 6.92 Å². The molecular formula is C13H17ClN4O3. The van der Waals surface area contributed by atoms with Crippen molar-refractivity contribution in [2.24, 2.45) is 11.7 Å². The van der Waals surface area contributed by atoms with Crippen molar-refractivity contribution >= 4 is 23.2 Å². The van der Waals surface area contributed by atoms with Crippen LogP contribution in [0.2, 0.25) is 5.15 Å². The zero-order valence-electron chi connectivity index (χ0n) is 11.7. The summed E-state index contributed by atoms with van der Waals surface area (Å²) in [7, 11) is 0. The molecule has 1 aromatic rings. The van der Waals surface area contributed by atoms with Crippen molar-refractivity contribution in [2.45, 2.75) is 25.8 Å². The van der Waals surface area contributed by atoms with Crippen LogP contribution >= 0.6 is 11.6 Å². The summed E-state index contributed by atoms with van der Waals surface area (Å²) < 4.78 is 0. The Kier molecular flexibility index (Phi) is 4.74. The maximum atomic E-state index is 12.7. The summed E-state index contributed by atoms with van der Waals surface area (Å²) in [6, 6.07) is 1.13. The lowest BCUT2D eigenvalue weighted by Crippen LogP contribution is -2.51. The van der Waals surface area contributed by atoms with Gasteiger partial charge in [-0.25, -0.2) is 4.98 Å². The second-order valence-corrected chi connectivity index (χ2v) is 5.59. The Morgan fingerprint density at radius 3 is 3.00 bits per heavy atom. The molecule has 2 heterocycles. The molecule has 1 aromatic heterocycles. The van der Waals surface area contributed by atoms with E-state index in [-0.39, 0.29) is 28.4 Å². The van der Waals surface area contributed by atoms with Gasteiger partial charge in [0.2, 0.25) is 0 Å². The molecule has 2 rings (SSSR count). The second kappa shape index (κ2) is 6.36. The number of piperidine rings is 1. The fourth-order valence-corrected chi connectivity index (χ4v) is 2.91. The van der Waals surface area contributed by atoms with E-state index in [1.54, 1.807) is 4.90 Å². The number of likely N-dealkylation sites (tertiary alicyclic amines) is 1. The molecule has 2 N–H and O–H groups in total. The lowest BCUT2D eigenvalue weighted by Gasteiger charge is -2.39.